The summed E-state index contributed by atoms with van der Waals surface area (Å²) in [7, 11) is 0.216. The van der Waals surface area contributed by atoms with Gasteiger partial charge < -0.3 is 4.43 Å². The van der Waals surface area contributed by atoms with Crippen LogP contribution in [-0.2, 0) is 10.8 Å². The summed E-state index contributed by atoms with van der Waals surface area (Å²) in [6, 6.07) is 5.13. The predicted octanol–water partition coefficient (Wildman–Crippen LogP) is 3.75. The Morgan fingerprint density at radius 2 is 1.88 bits per heavy atom. The molecule has 1 aromatic carbocycles. The smallest absolute Gasteiger partial charge is 0.186 e. The third-order valence-corrected chi connectivity index (χ3v) is 5.44. The normalized spacial score (nSPS) is 11.8. The molecule has 0 fully saturated rings. The summed E-state index contributed by atoms with van der Waals surface area (Å²) in [5.41, 5.74) is 0.847. The van der Waals surface area contributed by atoms with Crippen LogP contribution < -0.4 is 0 Å². The molecule has 90 valence electrons. The molecule has 0 heterocycles. The summed E-state index contributed by atoms with van der Waals surface area (Å²) < 4.78 is 31.0. The van der Waals surface area contributed by atoms with Crippen LogP contribution in [0.4, 0.5) is 8.78 Å². The van der Waals surface area contributed by atoms with Gasteiger partial charge in [0, 0.05) is 7.11 Å². The Bertz CT molecular complexity index is 353. The van der Waals surface area contributed by atoms with Crippen LogP contribution in [0.2, 0.25) is 19.1 Å². The van der Waals surface area contributed by atoms with Crippen LogP contribution in [0.25, 0.3) is 0 Å². The second kappa shape index (κ2) is 5.55. The van der Waals surface area contributed by atoms with E-state index in [2.05, 4.69) is 13.1 Å². The third kappa shape index (κ3) is 4.02. The largest absolute Gasteiger partial charge is 0.420 e. The highest BCUT2D eigenvalue weighted by molar-refractivity contribution is 6.71. The molecule has 0 aliphatic heterocycles. The van der Waals surface area contributed by atoms with Crippen LogP contribution in [0.15, 0.2) is 18.2 Å². The lowest BCUT2D eigenvalue weighted by atomic mass is 10.1. The Morgan fingerprint density at radius 1 is 1.19 bits per heavy atom. The SMILES string of the molecule is CO[Si](C)(C)CCCc1ccc(F)c(F)c1. The number of rotatable bonds is 5. The molecule has 0 spiro atoms. The van der Waals surface area contributed by atoms with Crippen molar-refractivity contribution < 1.29 is 13.2 Å². The Labute approximate surface area is 96.6 Å². The standard InChI is InChI=1S/C12H18F2OSi/c1-15-16(2,3)8-4-5-10-6-7-11(13)12(14)9-10/h6-7,9H,4-5,8H2,1-3H3. The number of hydrogen-bond donors (Lipinski definition) is 0. The van der Waals surface area contributed by atoms with Crippen molar-refractivity contribution >= 4 is 8.32 Å². The molecule has 0 aliphatic carbocycles. The fraction of sp³-hybridized carbons (Fsp3) is 0.500. The number of benzene rings is 1. The Balaban J connectivity index is 2.46. The van der Waals surface area contributed by atoms with Crippen LogP contribution in [0, 0.1) is 11.6 Å². The van der Waals surface area contributed by atoms with Crippen molar-refractivity contribution in [3.8, 4) is 0 Å². The molecule has 0 radical (unpaired) electrons. The topological polar surface area (TPSA) is 9.23 Å². The van der Waals surface area contributed by atoms with Crippen LogP contribution in [0.3, 0.4) is 0 Å². The van der Waals surface area contributed by atoms with Gasteiger partial charge in [-0.3, -0.25) is 0 Å². The molecule has 0 amide bonds. The van der Waals surface area contributed by atoms with Crippen molar-refractivity contribution in [1.29, 1.82) is 0 Å². The van der Waals surface area contributed by atoms with Crippen LogP contribution in [0.5, 0.6) is 0 Å². The van der Waals surface area contributed by atoms with E-state index in [0.29, 0.717) is 0 Å². The zero-order chi connectivity index (χ0) is 12.2. The van der Waals surface area contributed by atoms with Gasteiger partial charge in [0.05, 0.1) is 0 Å². The summed E-state index contributed by atoms with van der Waals surface area (Å²) in [5.74, 6) is -1.55. The maximum Gasteiger partial charge on any atom is 0.186 e. The molecule has 0 atom stereocenters. The maximum absolute atomic E-state index is 12.9. The molecular formula is C12H18F2OSi. The van der Waals surface area contributed by atoms with Crippen LogP contribution in [-0.4, -0.2) is 15.4 Å². The molecule has 16 heavy (non-hydrogen) atoms. The molecule has 0 bridgehead atoms. The van der Waals surface area contributed by atoms with E-state index in [1.54, 1.807) is 13.2 Å². The first-order chi connectivity index (χ1) is 7.44. The molecule has 1 rings (SSSR count). The van der Waals surface area contributed by atoms with Gasteiger partial charge in [0.2, 0.25) is 0 Å². The lowest BCUT2D eigenvalue weighted by Crippen LogP contribution is -2.28. The third-order valence-electron chi connectivity index (χ3n) is 2.78. The van der Waals surface area contributed by atoms with E-state index in [0.717, 1.165) is 24.4 Å². The molecule has 1 nitrogen and oxygen atoms in total. The van der Waals surface area contributed by atoms with Crippen molar-refractivity contribution in [3.05, 3.63) is 35.4 Å². The molecule has 1 aromatic rings. The second-order valence-electron chi connectivity index (χ2n) is 4.57. The van der Waals surface area contributed by atoms with E-state index in [9.17, 15) is 8.78 Å². The molecule has 0 saturated heterocycles. The Morgan fingerprint density at radius 3 is 2.44 bits per heavy atom. The molecule has 0 aliphatic rings. The maximum atomic E-state index is 12.9. The lowest BCUT2D eigenvalue weighted by Gasteiger charge is -2.19. The molecule has 0 N–H and O–H groups in total. The van der Waals surface area contributed by atoms with Crippen molar-refractivity contribution in [2.75, 3.05) is 7.11 Å². The van der Waals surface area contributed by atoms with Gasteiger partial charge in [0.25, 0.3) is 0 Å². The van der Waals surface area contributed by atoms with E-state index in [4.69, 9.17) is 4.43 Å². The summed E-state index contributed by atoms with van der Waals surface area (Å²) in [5, 5.41) is 0. The van der Waals surface area contributed by atoms with Crippen LogP contribution >= 0.6 is 0 Å². The highest BCUT2D eigenvalue weighted by atomic mass is 28.4. The van der Waals surface area contributed by atoms with Gasteiger partial charge in [-0.1, -0.05) is 6.07 Å². The van der Waals surface area contributed by atoms with E-state index >= 15 is 0 Å². The Hall–Kier alpha value is -0.743. The highest BCUT2D eigenvalue weighted by Gasteiger charge is 2.19. The fourth-order valence-electron chi connectivity index (χ4n) is 1.52. The quantitative estimate of drug-likeness (QED) is 0.717. The van der Waals surface area contributed by atoms with Gasteiger partial charge in [0.1, 0.15) is 0 Å². The molecule has 0 unspecified atom stereocenters. The first-order valence-electron chi connectivity index (χ1n) is 5.44. The summed E-state index contributed by atoms with van der Waals surface area (Å²) >= 11 is 0. The van der Waals surface area contributed by atoms with Gasteiger partial charge in [-0.15, -0.1) is 0 Å². The van der Waals surface area contributed by atoms with Gasteiger partial charge in [-0.25, -0.2) is 8.78 Å². The number of halogens is 2. The minimum absolute atomic E-state index is 0.763. The van der Waals surface area contributed by atoms with E-state index in [1.165, 1.54) is 12.1 Å². The zero-order valence-corrected chi connectivity index (χ0v) is 11.0. The van der Waals surface area contributed by atoms with Crippen molar-refractivity contribution in [2.24, 2.45) is 0 Å². The van der Waals surface area contributed by atoms with Gasteiger partial charge in [0.15, 0.2) is 20.0 Å². The summed E-state index contributed by atoms with van der Waals surface area (Å²) in [4.78, 5) is 0. The molecular weight excluding hydrogens is 226 g/mol. The summed E-state index contributed by atoms with van der Waals surface area (Å²) in [6.07, 6.45) is 1.73. The van der Waals surface area contributed by atoms with Crippen LogP contribution in [0.1, 0.15) is 12.0 Å². The molecule has 4 heteroatoms. The second-order valence-corrected chi connectivity index (χ2v) is 8.99. The van der Waals surface area contributed by atoms with E-state index < -0.39 is 20.0 Å². The number of hydrogen-bond acceptors (Lipinski definition) is 1. The Kier molecular flexibility index (Phi) is 4.62. The van der Waals surface area contributed by atoms with Gasteiger partial charge in [-0.05, 0) is 49.7 Å². The highest BCUT2D eigenvalue weighted by Crippen LogP contribution is 2.16. The first kappa shape index (κ1) is 13.3. The minimum atomic E-state index is -1.52. The zero-order valence-electron chi connectivity index (χ0n) is 10.0. The van der Waals surface area contributed by atoms with Gasteiger partial charge >= 0.3 is 0 Å². The average molecular weight is 244 g/mol. The number of aryl methyl sites for hydroxylation is 1. The molecule has 0 aromatic heterocycles. The summed E-state index contributed by atoms with van der Waals surface area (Å²) in [6.45, 7) is 4.30. The van der Waals surface area contributed by atoms with Crippen molar-refractivity contribution in [3.63, 3.8) is 0 Å². The monoisotopic (exact) mass is 244 g/mol. The van der Waals surface area contributed by atoms with Gasteiger partial charge in [-0.2, -0.15) is 0 Å². The predicted molar refractivity (Wildman–Crippen MR) is 64.0 cm³/mol. The van der Waals surface area contributed by atoms with E-state index in [1.807, 2.05) is 0 Å². The van der Waals surface area contributed by atoms with E-state index in [-0.39, 0.29) is 0 Å². The van der Waals surface area contributed by atoms with Crippen molar-refractivity contribution in [1.82, 2.24) is 0 Å². The average Bonchev–Trinajstić information content (AvgIpc) is 2.23. The lowest BCUT2D eigenvalue weighted by molar-refractivity contribution is 0.402. The minimum Gasteiger partial charge on any atom is -0.420 e. The first-order valence-corrected chi connectivity index (χ1v) is 8.55. The molecule has 0 saturated carbocycles. The fourth-order valence-corrected chi connectivity index (χ4v) is 2.75. The van der Waals surface area contributed by atoms with Crippen molar-refractivity contribution in [2.45, 2.75) is 32.0 Å².